The van der Waals surface area contributed by atoms with E-state index in [4.69, 9.17) is 33.0 Å². The molecule has 0 spiro atoms. The van der Waals surface area contributed by atoms with Gasteiger partial charge in [0.05, 0.1) is 13.2 Å². The second-order valence-electron chi connectivity index (χ2n) is 4.00. The normalized spacial score (nSPS) is 16.6. The van der Waals surface area contributed by atoms with Crippen molar-refractivity contribution in [2.24, 2.45) is 0 Å². The number of anilines is 1. The predicted molar refractivity (Wildman–Crippen MR) is 73.4 cm³/mol. The Balaban J connectivity index is 1.82. The minimum absolute atomic E-state index is 0.610. The van der Waals surface area contributed by atoms with E-state index in [9.17, 15) is 0 Å². The molecule has 0 atom stereocenters. The van der Waals surface area contributed by atoms with Crippen molar-refractivity contribution in [3.8, 4) is 5.75 Å². The molecular weight excluding hydrogens is 275 g/mol. The Morgan fingerprint density at radius 2 is 1.94 bits per heavy atom. The lowest BCUT2D eigenvalue weighted by Gasteiger charge is -2.26. The van der Waals surface area contributed by atoms with Gasteiger partial charge in [-0.1, -0.05) is 12.1 Å². The molecule has 0 unspecified atom stereocenters. The predicted octanol–water partition coefficient (Wildman–Crippen LogP) is 2.51. The highest BCUT2D eigenvalue weighted by atomic mass is 35.5. The first-order chi connectivity index (χ1) is 8.77. The largest absolute Gasteiger partial charge is 0.490 e. The third-order valence-electron chi connectivity index (χ3n) is 2.82. The number of ether oxygens (including phenoxy) is 2. The lowest BCUT2D eigenvalue weighted by molar-refractivity contribution is 0.0323. The second kappa shape index (κ2) is 7.04. The smallest absolute Gasteiger partial charge is 0.145 e. The number of rotatable bonds is 5. The van der Waals surface area contributed by atoms with Crippen LogP contribution in [0.5, 0.6) is 5.75 Å². The van der Waals surface area contributed by atoms with Gasteiger partial charge in [-0.2, -0.15) is 3.94 Å². The van der Waals surface area contributed by atoms with Gasteiger partial charge in [-0.15, -0.1) is 0 Å². The van der Waals surface area contributed by atoms with Crippen molar-refractivity contribution in [1.29, 1.82) is 0 Å². The van der Waals surface area contributed by atoms with E-state index >= 15 is 0 Å². The molecule has 1 saturated heterocycles. The molecule has 100 valence electrons. The van der Waals surface area contributed by atoms with Crippen molar-refractivity contribution in [3.63, 3.8) is 0 Å². The quantitative estimate of drug-likeness (QED) is 0.778. The van der Waals surface area contributed by atoms with Crippen LogP contribution in [0.4, 0.5) is 5.69 Å². The van der Waals surface area contributed by atoms with Gasteiger partial charge in [0, 0.05) is 43.2 Å². The topological polar surface area (TPSA) is 24.9 Å². The maximum Gasteiger partial charge on any atom is 0.145 e. The van der Waals surface area contributed by atoms with Crippen molar-refractivity contribution >= 4 is 29.2 Å². The first kappa shape index (κ1) is 13.7. The van der Waals surface area contributed by atoms with Crippen LogP contribution >= 0.6 is 23.6 Å². The highest BCUT2D eigenvalue weighted by Crippen LogP contribution is 2.30. The summed E-state index contributed by atoms with van der Waals surface area (Å²) in [6, 6.07) is 7.42. The van der Waals surface area contributed by atoms with Crippen LogP contribution in [-0.4, -0.2) is 44.4 Å². The minimum Gasteiger partial charge on any atom is -0.490 e. The fraction of sp³-hybridized carbons (Fsp3) is 0.500. The summed E-state index contributed by atoms with van der Waals surface area (Å²) in [5.41, 5.74) is 0.655. The Morgan fingerprint density at radius 3 is 2.67 bits per heavy atom. The number of benzene rings is 1. The molecule has 0 amide bonds. The van der Waals surface area contributed by atoms with Gasteiger partial charge in [-0.3, -0.25) is 4.90 Å². The lowest BCUT2D eigenvalue weighted by atomic mass is 10.3. The molecule has 6 heteroatoms. The second-order valence-corrected chi connectivity index (χ2v) is 4.85. The summed E-state index contributed by atoms with van der Waals surface area (Å²) in [6.07, 6.45) is 0. The van der Waals surface area contributed by atoms with Gasteiger partial charge in [0.1, 0.15) is 18.0 Å². The molecular formula is C12H16Cl2N2O2. The zero-order valence-electron chi connectivity index (χ0n) is 10.0. The summed E-state index contributed by atoms with van der Waals surface area (Å²) in [6.45, 7) is 5.01. The van der Waals surface area contributed by atoms with E-state index in [1.807, 2.05) is 24.3 Å². The average Bonchev–Trinajstić information content (AvgIpc) is 2.40. The van der Waals surface area contributed by atoms with Crippen LogP contribution in [0.1, 0.15) is 0 Å². The van der Waals surface area contributed by atoms with E-state index in [0.717, 1.165) is 36.8 Å². The van der Waals surface area contributed by atoms with Gasteiger partial charge in [-0.25, -0.2) is 0 Å². The van der Waals surface area contributed by atoms with Crippen molar-refractivity contribution in [2.75, 3.05) is 43.4 Å². The molecule has 0 bridgehead atoms. The number of nitrogens with zero attached hydrogens (tertiary/aromatic N) is 2. The van der Waals surface area contributed by atoms with E-state index in [0.29, 0.717) is 18.0 Å². The summed E-state index contributed by atoms with van der Waals surface area (Å²) in [5.74, 6) is 0.691. The Kier molecular flexibility index (Phi) is 5.38. The summed E-state index contributed by atoms with van der Waals surface area (Å²) in [7, 11) is 0. The molecule has 1 aromatic rings. The number of halogens is 2. The Hall–Kier alpha value is -0.680. The number of para-hydroxylation sites is 2. The minimum atomic E-state index is 0.610. The molecule has 0 saturated carbocycles. The van der Waals surface area contributed by atoms with Crippen LogP contribution in [0, 0.1) is 0 Å². The summed E-state index contributed by atoms with van der Waals surface area (Å²) in [5, 5.41) is 0. The molecule has 4 nitrogen and oxygen atoms in total. The van der Waals surface area contributed by atoms with Crippen LogP contribution in [0.25, 0.3) is 0 Å². The number of hydrogen-bond acceptors (Lipinski definition) is 4. The molecule has 1 aliphatic rings. The van der Waals surface area contributed by atoms with Crippen molar-refractivity contribution in [3.05, 3.63) is 24.3 Å². The third-order valence-corrected chi connectivity index (χ3v) is 3.18. The molecule has 1 aliphatic heterocycles. The van der Waals surface area contributed by atoms with Crippen molar-refractivity contribution in [1.82, 2.24) is 4.90 Å². The van der Waals surface area contributed by atoms with Gasteiger partial charge in [0.15, 0.2) is 0 Å². The monoisotopic (exact) mass is 290 g/mol. The first-order valence-electron chi connectivity index (χ1n) is 5.91. The third kappa shape index (κ3) is 3.92. The van der Waals surface area contributed by atoms with Crippen molar-refractivity contribution < 1.29 is 9.47 Å². The fourth-order valence-electron chi connectivity index (χ4n) is 1.83. The van der Waals surface area contributed by atoms with Crippen molar-refractivity contribution in [2.45, 2.75) is 0 Å². The zero-order chi connectivity index (χ0) is 12.8. The lowest BCUT2D eigenvalue weighted by Crippen LogP contribution is -2.38. The van der Waals surface area contributed by atoms with E-state index < -0.39 is 0 Å². The summed E-state index contributed by atoms with van der Waals surface area (Å²) < 4.78 is 12.0. The SMILES string of the molecule is ClN(Cl)c1ccccc1OCCN1CCOCC1. The Labute approximate surface area is 117 Å². The van der Waals surface area contributed by atoms with E-state index in [1.54, 1.807) is 0 Å². The number of hydrogen-bond donors (Lipinski definition) is 0. The van der Waals surface area contributed by atoms with Crippen LogP contribution in [0.15, 0.2) is 24.3 Å². The summed E-state index contributed by atoms with van der Waals surface area (Å²) in [4.78, 5) is 2.31. The molecule has 0 N–H and O–H groups in total. The highest BCUT2D eigenvalue weighted by molar-refractivity contribution is 6.49. The molecule has 1 aromatic carbocycles. The van der Waals surface area contributed by atoms with Crippen LogP contribution in [-0.2, 0) is 4.74 Å². The maximum atomic E-state index is 5.73. The summed E-state index contributed by atoms with van der Waals surface area (Å²) >= 11 is 11.5. The molecule has 0 aliphatic carbocycles. The molecule has 1 heterocycles. The van der Waals surface area contributed by atoms with E-state index in [-0.39, 0.29) is 0 Å². The average molecular weight is 291 g/mol. The molecule has 2 rings (SSSR count). The van der Waals surface area contributed by atoms with Gasteiger partial charge < -0.3 is 9.47 Å². The Morgan fingerprint density at radius 1 is 1.22 bits per heavy atom. The van der Waals surface area contributed by atoms with Gasteiger partial charge >= 0.3 is 0 Å². The molecule has 0 aromatic heterocycles. The molecule has 0 radical (unpaired) electrons. The number of morpholine rings is 1. The zero-order valence-corrected chi connectivity index (χ0v) is 11.5. The fourth-order valence-corrected chi connectivity index (χ4v) is 2.11. The van der Waals surface area contributed by atoms with Gasteiger partial charge in [0.2, 0.25) is 0 Å². The molecule has 18 heavy (non-hydrogen) atoms. The van der Waals surface area contributed by atoms with Crippen LogP contribution in [0.3, 0.4) is 0 Å². The van der Waals surface area contributed by atoms with E-state index in [1.165, 1.54) is 0 Å². The van der Waals surface area contributed by atoms with Gasteiger partial charge in [0.25, 0.3) is 0 Å². The van der Waals surface area contributed by atoms with E-state index in [2.05, 4.69) is 4.90 Å². The van der Waals surface area contributed by atoms with Gasteiger partial charge in [-0.05, 0) is 12.1 Å². The molecule has 1 fully saturated rings. The van der Waals surface area contributed by atoms with Crippen LogP contribution in [0.2, 0.25) is 0 Å². The first-order valence-corrected chi connectivity index (χ1v) is 6.58. The Bertz CT molecular complexity index is 371. The maximum absolute atomic E-state index is 5.73. The standard InChI is InChI=1S/C12H16Cl2N2O2/c13-16(14)11-3-1-2-4-12(11)18-10-7-15-5-8-17-9-6-15/h1-4H,5-10H2. The highest BCUT2D eigenvalue weighted by Gasteiger charge is 2.11. The van der Waals surface area contributed by atoms with Crippen LogP contribution < -0.4 is 8.67 Å².